The Morgan fingerprint density at radius 3 is 1.41 bits per heavy atom. The average Bonchev–Trinajstić information content (AvgIpc) is 3.95. The van der Waals surface area contributed by atoms with Crippen LogP contribution in [0.5, 0.6) is 0 Å². The van der Waals surface area contributed by atoms with E-state index in [2.05, 4.69) is 219 Å². The molecule has 2 heterocycles. The molecule has 0 N–H and O–H groups in total. The fourth-order valence-corrected chi connectivity index (χ4v) is 10.2. The van der Waals surface area contributed by atoms with Crippen molar-refractivity contribution in [2.24, 2.45) is 0 Å². The van der Waals surface area contributed by atoms with E-state index in [0.29, 0.717) is 0 Å². The van der Waals surface area contributed by atoms with Crippen LogP contribution in [0, 0.1) is 13.8 Å². The van der Waals surface area contributed by atoms with Crippen molar-refractivity contribution in [3.8, 4) is 11.1 Å². The summed E-state index contributed by atoms with van der Waals surface area (Å²) < 4.78 is 13.5. The first-order valence-corrected chi connectivity index (χ1v) is 21.1. The Hall–Kier alpha value is -7.56. The highest BCUT2D eigenvalue weighted by Crippen LogP contribution is 2.54. The fraction of sp³-hybridized carbons (Fsp3) is 0.0877. The van der Waals surface area contributed by atoms with Gasteiger partial charge in [0.15, 0.2) is 11.2 Å². The number of benzene rings is 9. The molecule has 4 heteroatoms. The lowest BCUT2D eigenvalue weighted by Gasteiger charge is -2.28. The standard InChI is InChI=1S/C57H42N2O2/c1-35-15-11-21-45-47-23-13-25-50(55(47)60-53(35)45)58(38-17-7-5-8-18-38)40-28-31-42-37(33-40)27-30-44-43-32-29-41(34-49(43)57(3,4)52(42)44)59(39-19-9-6-10-20-39)51-26-14-24-48-46-22-12-16-36(2)54(46)61-56(48)51/h5-34H,1-4H3. The summed E-state index contributed by atoms with van der Waals surface area (Å²) in [6.07, 6.45) is 0. The van der Waals surface area contributed by atoms with Crippen LogP contribution in [0.25, 0.3) is 65.8 Å². The van der Waals surface area contributed by atoms with Crippen molar-refractivity contribution in [3.05, 3.63) is 204 Å². The molecule has 0 aliphatic heterocycles. The van der Waals surface area contributed by atoms with Gasteiger partial charge in [0.25, 0.3) is 0 Å². The van der Waals surface area contributed by atoms with Crippen molar-refractivity contribution in [1.29, 1.82) is 0 Å². The maximum Gasteiger partial charge on any atom is 0.159 e. The van der Waals surface area contributed by atoms with Gasteiger partial charge >= 0.3 is 0 Å². The normalized spacial score (nSPS) is 13.0. The monoisotopic (exact) mass is 786 g/mol. The minimum Gasteiger partial charge on any atom is -0.454 e. The first-order chi connectivity index (χ1) is 29.8. The Kier molecular flexibility index (Phi) is 7.67. The first kappa shape index (κ1) is 35.4. The van der Waals surface area contributed by atoms with Crippen molar-refractivity contribution < 1.29 is 8.83 Å². The lowest BCUT2D eigenvalue weighted by molar-refractivity contribution is 0.665. The molecule has 0 atom stereocenters. The topological polar surface area (TPSA) is 32.8 Å². The number of furan rings is 2. The van der Waals surface area contributed by atoms with E-state index < -0.39 is 0 Å². The van der Waals surface area contributed by atoms with E-state index in [0.717, 1.165) is 89.1 Å². The predicted octanol–water partition coefficient (Wildman–Crippen LogP) is 16.5. The molecule has 61 heavy (non-hydrogen) atoms. The van der Waals surface area contributed by atoms with Gasteiger partial charge in [-0.25, -0.2) is 0 Å². The van der Waals surface area contributed by atoms with Crippen LogP contribution in [-0.2, 0) is 5.41 Å². The van der Waals surface area contributed by atoms with Gasteiger partial charge in [-0.3, -0.25) is 0 Å². The molecular weight excluding hydrogens is 745 g/mol. The molecule has 0 fully saturated rings. The van der Waals surface area contributed by atoms with E-state index in [1.54, 1.807) is 0 Å². The number of para-hydroxylation sites is 6. The molecule has 0 bridgehead atoms. The molecule has 0 unspecified atom stereocenters. The molecule has 9 aromatic carbocycles. The van der Waals surface area contributed by atoms with Crippen LogP contribution in [0.15, 0.2) is 191 Å². The zero-order chi connectivity index (χ0) is 41.0. The van der Waals surface area contributed by atoms with Crippen molar-refractivity contribution in [2.75, 3.05) is 9.80 Å². The third kappa shape index (κ3) is 5.25. The average molecular weight is 787 g/mol. The maximum atomic E-state index is 6.74. The molecule has 2 aromatic heterocycles. The SMILES string of the molecule is Cc1cccc2c1oc1c(N(c3ccccc3)c3ccc4c(c3)C(C)(C)c3c-4ccc4cc(N(c5ccccc5)c5cccc6c5oc5c(C)cccc56)ccc34)cccc12. The molecule has 1 aliphatic rings. The minimum absolute atomic E-state index is 0.274. The van der Waals surface area contributed by atoms with Crippen molar-refractivity contribution in [2.45, 2.75) is 33.1 Å². The van der Waals surface area contributed by atoms with Gasteiger partial charge in [0.2, 0.25) is 0 Å². The highest BCUT2D eigenvalue weighted by molar-refractivity contribution is 6.12. The Balaban J connectivity index is 0.995. The quantitative estimate of drug-likeness (QED) is 0.168. The van der Waals surface area contributed by atoms with Crippen molar-refractivity contribution in [1.82, 2.24) is 0 Å². The second-order valence-electron chi connectivity index (χ2n) is 17.0. The Labute approximate surface area is 354 Å². The molecular formula is C57H42N2O2. The number of nitrogens with zero attached hydrogens (tertiary/aromatic N) is 2. The van der Waals surface area contributed by atoms with Crippen LogP contribution >= 0.6 is 0 Å². The molecule has 0 saturated heterocycles. The third-order valence-electron chi connectivity index (χ3n) is 13.0. The fourth-order valence-electron chi connectivity index (χ4n) is 10.2. The van der Waals surface area contributed by atoms with Crippen LogP contribution in [0.1, 0.15) is 36.1 Å². The highest BCUT2D eigenvalue weighted by atomic mass is 16.3. The van der Waals surface area contributed by atoms with Gasteiger partial charge in [0.05, 0.1) is 11.4 Å². The number of fused-ring (bicyclic) bond motifs is 11. The summed E-state index contributed by atoms with van der Waals surface area (Å²) in [5.74, 6) is 0. The van der Waals surface area contributed by atoms with Crippen molar-refractivity contribution >= 4 is 88.8 Å². The summed E-state index contributed by atoms with van der Waals surface area (Å²) in [5, 5.41) is 6.97. The highest BCUT2D eigenvalue weighted by Gasteiger charge is 2.38. The van der Waals surface area contributed by atoms with E-state index in [4.69, 9.17) is 8.83 Å². The molecule has 292 valence electrons. The van der Waals surface area contributed by atoms with Gasteiger partial charge in [0.1, 0.15) is 11.2 Å². The molecule has 0 saturated carbocycles. The smallest absolute Gasteiger partial charge is 0.159 e. The Bertz CT molecular complexity index is 3540. The van der Waals surface area contributed by atoms with E-state index in [9.17, 15) is 0 Å². The summed E-state index contributed by atoms with van der Waals surface area (Å²) in [4.78, 5) is 4.69. The molecule has 11 aromatic rings. The Morgan fingerprint density at radius 1 is 0.377 bits per heavy atom. The van der Waals surface area contributed by atoms with Crippen LogP contribution in [-0.4, -0.2) is 0 Å². The van der Waals surface area contributed by atoms with Gasteiger partial charge in [-0.15, -0.1) is 0 Å². The Morgan fingerprint density at radius 2 is 0.852 bits per heavy atom. The van der Waals surface area contributed by atoms with Gasteiger partial charge in [-0.2, -0.15) is 0 Å². The minimum atomic E-state index is -0.274. The zero-order valence-electron chi connectivity index (χ0n) is 34.5. The third-order valence-corrected chi connectivity index (χ3v) is 13.0. The second-order valence-corrected chi connectivity index (χ2v) is 17.0. The second kappa shape index (κ2) is 13.2. The maximum absolute atomic E-state index is 6.74. The van der Waals surface area contributed by atoms with E-state index >= 15 is 0 Å². The van der Waals surface area contributed by atoms with Gasteiger partial charge in [0, 0.05) is 49.7 Å². The molecule has 0 amide bonds. The molecule has 12 rings (SSSR count). The van der Waals surface area contributed by atoms with Crippen LogP contribution in [0.2, 0.25) is 0 Å². The summed E-state index contributed by atoms with van der Waals surface area (Å²) >= 11 is 0. The van der Waals surface area contributed by atoms with Gasteiger partial charge < -0.3 is 18.6 Å². The number of hydrogen-bond donors (Lipinski definition) is 0. The summed E-state index contributed by atoms with van der Waals surface area (Å²) in [6.45, 7) is 8.99. The lowest BCUT2D eigenvalue weighted by Crippen LogP contribution is -2.17. The predicted molar refractivity (Wildman–Crippen MR) is 255 cm³/mol. The largest absolute Gasteiger partial charge is 0.454 e. The number of anilines is 6. The summed E-state index contributed by atoms with van der Waals surface area (Å²) in [6, 6.07) is 65.6. The molecule has 0 spiro atoms. The first-order valence-electron chi connectivity index (χ1n) is 21.1. The zero-order valence-corrected chi connectivity index (χ0v) is 34.5. The van der Waals surface area contributed by atoms with E-state index in [1.807, 2.05) is 0 Å². The summed E-state index contributed by atoms with van der Waals surface area (Å²) in [5.41, 5.74) is 17.2. The van der Waals surface area contributed by atoms with E-state index in [1.165, 1.54) is 33.0 Å². The van der Waals surface area contributed by atoms with Gasteiger partial charge in [-0.05, 0) is 119 Å². The number of rotatable bonds is 6. The van der Waals surface area contributed by atoms with Crippen LogP contribution in [0.3, 0.4) is 0 Å². The molecule has 1 aliphatic carbocycles. The van der Waals surface area contributed by atoms with Crippen LogP contribution in [0.4, 0.5) is 34.1 Å². The molecule has 4 nitrogen and oxygen atoms in total. The van der Waals surface area contributed by atoms with Crippen LogP contribution < -0.4 is 9.80 Å². The van der Waals surface area contributed by atoms with Crippen molar-refractivity contribution in [3.63, 3.8) is 0 Å². The summed E-state index contributed by atoms with van der Waals surface area (Å²) in [7, 11) is 0. The number of hydrogen-bond acceptors (Lipinski definition) is 4. The number of aryl methyl sites for hydroxylation is 2. The van der Waals surface area contributed by atoms with Gasteiger partial charge in [-0.1, -0.05) is 135 Å². The molecule has 0 radical (unpaired) electrons. The van der Waals surface area contributed by atoms with E-state index in [-0.39, 0.29) is 5.41 Å². The lowest BCUT2D eigenvalue weighted by atomic mass is 9.80.